The standard InChI is InChI=1S/C31H21Cl2N3O4/c1-38-27-16-23(33)14-21(29(27)39-18-19-7-3-2-4-8-19)17-34-36-30(35-25-10-6-5-9-24(25)31(36)37)28-15-20-13-22(32)11-12-26(20)40-28/h2-17H,18H2,1H3. The molecule has 40 heavy (non-hydrogen) atoms. The van der Waals surface area contributed by atoms with Crippen LogP contribution in [0, 0.1) is 0 Å². The number of nitrogens with zero attached hydrogens (tertiary/aromatic N) is 3. The van der Waals surface area contributed by atoms with E-state index in [4.69, 9.17) is 42.1 Å². The highest BCUT2D eigenvalue weighted by atomic mass is 35.5. The van der Waals surface area contributed by atoms with E-state index in [0.29, 0.717) is 56.0 Å². The van der Waals surface area contributed by atoms with Crippen molar-refractivity contribution in [3.8, 4) is 23.1 Å². The maximum atomic E-state index is 13.7. The topological polar surface area (TPSA) is 78.9 Å². The minimum absolute atomic E-state index is 0.230. The van der Waals surface area contributed by atoms with Gasteiger partial charge in [0, 0.05) is 27.1 Å². The van der Waals surface area contributed by atoms with E-state index in [9.17, 15) is 4.79 Å². The number of hydrogen-bond acceptors (Lipinski definition) is 6. The molecule has 198 valence electrons. The molecule has 2 heterocycles. The van der Waals surface area contributed by atoms with Crippen LogP contribution in [0.25, 0.3) is 33.5 Å². The molecule has 0 aliphatic heterocycles. The minimum atomic E-state index is -0.365. The number of hydrogen-bond donors (Lipinski definition) is 0. The molecule has 7 nitrogen and oxygen atoms in total. The lowest BCUT2D eigenvalue weighted by Crippen LogP contribution is -2.20. The van der Waals surface area contributed by atoms with Crippen LogP contribution in [-0.2, 0) is 6.61 Å². The lowest BCUT2D eigenvalue weighted by molar-refractivity contribution is 0.284. The average molecular weight is 570 g/mol. The number of furan rings is 1. The SMILES string of the molecule is COc1cc(Cl)cc(C=Nn2c(-c3cc4cc(Cl)ccc4o3)nc3ccccc3c2=O)c1OCc1ccccc1. The van der Waals surface area contributed by atoms with Crippen molar-refractivity contribution in [1.29, 1.82) is 0 Å². The number of benzene rings is 4. The molecule has 6 rings (SSSR count). The van der Waals surface area contributed by atoms with E-state index in [2.05, 4.69) is 5.10 Å². The van der Waals surface area contributed by atoms with Crippen molar-refractivity contribution in [2.24, 2.45) is 5.10 Å². The Labute approximate surface area is 238 Å². The van der Waals surface area contributed by atoms with Gasteiger partial charge in [-0.25, -0.2) is 4.98 Å². The Morgan fingerprint density at radius 2 is 1.75 bits per heavy atom. The fourth-order valence-corrected chi connectivity index (χ4v) is 4.75. The zero-order valence-corrected chi connectivity index (χ0v) is 22.7. The fourth-order valence-electron chi connectivity index (χ4n) is 4.36. The summed E-state index contributed by atoms with van der Waals surface area (Å²) >= 11 is 12.6. The smallest absolute Gasteiger partial charge is 0.282 e. The molecule has 0 saturated heterocycles. The first kappa shape index (κ1) is 25.7. The normalized spacial score (nSPS) is 11.5. The number of aromatic nitrogens is 2. The third-order valence-corrected chi connectivity index (χ3v) is 6.71. The summed E-state index contributed by atoms with van der Waals surface area (Å²) < 4.78 is 18.9. The Balaban J connectivity index is 1.49. The number of rotatable bonds is 7. The second-order valence-corrected chi connectivity index (χ2v) is 9.78. The highest BCUT2D eigenvalue weighted by molar-refractivity contribution is 6.31. The molecule has 9 heteroatoms. The first-order valence-electron chi connectivity index (χ1n) is 12.3. The molecule has 0 unspecified atom stereocenters. The average Bonchev–Trinajstić information content (AvgIpc) is 3.39. The monoisotopic (exact) mass is 569 g/mol. The molecule has 0 aliphatic carbocycles. The van der Waals surface area contributed by atoms with Crippen LogP contribution in [0.15, 0.2) is 105 Å². The van der Waals surface area contributed by atoms with Crippen molar-refractivity contribution in [2.75, 3.05) is 7.11 Å². The maximum Gasteiger partial charge on any atom is 0.282 e. The van der Waals surface area contributed by atoms with Crippen molar-refractivity contribution in [3.05, 3.63) is 123 Å². The van der Waals surface area contributed by atoms with E-state index in [0.717, 1.165) is 10.9 Å². The summed E-state index contributed by atoms with van der Waals surface area (Å²) in [6.07, 6.45) is 1.50. The van der Waals surface area contributed by atoms with Crippen molar-refractivity contribution in [2.45, 2.75) is 6.61 Å². The number of ether oxygens (including phenoxy) is 2. The summed E-state index contributed by atoms with van der Waals surface area (Å²) in [6.45, 7) is 0.296. The zero-order chi connectivity index (χ0) is 27.6. The van der Waals surface area contributed by atoms with Crippen LogP contribution in [0.5, 0.6) is 11.5 Å². The molecule has 0 spiro atoms. The van der Waals surface area contributed by atoms with Crippen molar-refractivity contribution < 1.29 is 13.9 Å². The summed E-state index contributed by atoms with van der Waals surface area (Å²) in [5.41, 5.74) is 2.25. The molecular weight excluding hydrogens is 549 g/mol. The van der Waals surface area contributed by atoms with Crippen LogP contribution in [0.3, 0.4) is 0 Å². The Kier molecular flexibility index (Phi) is 6.99. The van der Waals surface area contributed by atoms with Gasteiger partial charge in [-0.15, -0.1) is 0 Å². The van der Waals surface area contributed by atoms with Gasteiger partial charge in [-0.05, 0) is 48.0 Å². The van der Waals surface area contributed by atoms with E-state index in [1.54, 1.807) is 54.6 Å². The molecule has 0 N–H and O–H groups in total. The van der Waals surface area contributed by atoms with Gasteiger partial charge in [0.25, 0.3) is 5.56 Å². The second-order valence-electron chi connectivity index (χ2n) is 8.91. The van der Waals surface area contributed by atoms with Crippen LogP contribution < -0.4 is 15.0 Å². The molecule has 0 bridgehead atoms. The van der Waals surface area contributed by atoms with Gasteiger partial charge >= 0.3 is 0 Å². The van der Waals surface area contributed by atoms with Gasteiger partial charge < -0.3 is 13.9 Å². The van der Waals surface area contributed by atoms with Gasteiger partial charge in [0.2, 0.25) is 5.82 Å². The Morgan fingerprint density at radius 1 is 0.950 bits per heavy atom. The van der Waals surface area contributed by atoms with E-state index in [1.165, 1.54) is 18.0 Å². The quantitative estimate of drug-likeness (QED) is 0.185. The van der Waals surface area contributed by atoms with E-state index < -0.39 is 0 Å². The number of methoxy groups -OCH3 is 1. The largest absolute Gasteiger partial charge is 0.493 e. The number of para-hydroxylation sites is 1. The maximum absolute atomic E-state index is 13.7. The third-order valence-electron chi connectivity index (χ3n) is 6.26. The highest BCUT2D eigenvalue weighted by Gasteiger charge is 2.18. The second kappa shape index (κ2) is 10.9. The lowest BCUT2D eigenvalue weighted by Gasteiger charge is -2.14. The van der Waals surface area contributed by atoms with Crippen LogP contribution >= 0.6 is 23.2 Å². The van der Waals surface area contributed by atoms with E-state index in [1.807, 2.05) is 36.4 Å². The summed E-state index contributed by atoms with van der Waals surface area (Å²) in [4.78, 5) is 18.4. The van der Waals surface area contributed by atoms with Gasteiger partial charge in [-0.3, -0.25) is 4.79 Å². The molecule has 0 aliphatic rings. The van der Waals surface area contributed by atoms with E-state index in [-0.39, 0.29) is 11.4 Å². The predicted octanol–water partition coefficient (Wildman–Crippen LogP) is 7.59. The molecule has 0 saturated carbocycles. The summed E-state index contributed by atoms with van der Waals surface area (Å²) in [5, 5.41) is 6.73. The van der Waals surface area contributed by atoms with Crippen molar-refractivity contribution in [3.63, 3.8) is 0 Å². The van der Waals surface area contributed by atoms with Crippen LogP contribution in [0.4, 0.5) is 0 Å². The minimum Gasteiger partial charge on any atom is -0.493 e. The molecular formula is C31H21Cl2N3O4. The van der Waals surface area contributed by atoms with Gasteiger partial charge in [0.15, 0.2) is 17.3 Å². The van der Waals surface area contributed by atoms with Crippen molar-refractivity contribution in [1.82, 2.24) is 9.66 Å². The van der Waals surface area contributed by atoms with Crippen LogP contribution in [0.2, 0.25) is 10.0 Å². The van der Waals surface area contributed by atoms with Crippen molar-refractivity contribution >= 4 is 51.3 Å². The number of halogens is 2. The number of fused-ring (bicyclic) bond motifs is 2. The van der Waals surface area contributed by atoms with E-state index >= 15 is 0 Å². The summed E-state index contributed by atoms with van der Waals surface area (Å²) in [5.74, 6) is 1.46. The molecule has 2 aromatic heterocycles. The highest BCUT2D eigenvalue weighted by Crippen LogP contribution is 2.35. The first-order chi connectivity index (χ1) is 19.5. The Morgan fingerprint density at radius 3 is 2.58 bits per heavy atom. The summed E-state index contributed by atoms with van der Waals surface area (Å²) in [6, 6.07) is 27.2. The molecule has 6 aromatic rings. The molecule has 0 atom stereocenters. The lowest BCUT2D eigenvalue weighted by atomic mass is 10.2. The Bertz CT molecular complexity index is 1950. The Hall–Kier alpha value is -4.59. The first-order valence-corrected chi connectivity index (χ1v) is 13.1. The fraction of sp³-hybridized carbons (Fsp3) is 0.0645. The van der Waals surface area contributed by atoms with Crippen LogP contribution in [0.1, 0.15) is 11.1 Å². The molecule has 4 aromatic carbocycles. The van der Waals surface area contributed by atoms with Gasteiger partial charge in [0.1, 0.15) is 12.2 Å². The summed E-state index contributed by atoms with van der Waals surface area (Å²) in [7, 11) is 1.53. The molecule has 0 fully saturated rings. The third kappa shape index (κ3) is 5.04. The molecule has 0 radical (unpaired) electrons. The van der Waals surface area contributed by atoms with Gasteiger partial charge in [-0.2, -0.15) is 9.78 Å². The predicted molar refractivity (Wildman–Crippen MR) is 158 cm³/mol. The zero-order valence-electron chi connectivity index (χ0n) is 21.2. The molecule has 0 amide bonds. The van der Waals surface area contributed by atoms with Crippen LogP contribution in [-0.4, -0.2) is 23.0 Å². The van der Waals surface area contributed by atoms with Gasteiger partial charge in [-0.1, -0.05) is 65.7 Å². The van der Waals surface area contributed by atoms with Gasteiger partial charge in [0.05, 0.1) is 24.2 Å².